The van der Waals surface area contributed by atoms with Gasteiger partial charge in [-0.15, -0.1) is 0 Å². The van der Waals surface area contributed by atoms with Crippen LogP contribution in [0.2, 0.25) is 0 Å². The minimum absolute atomic E-state index is 0.0112. The highest BCUT2D eigenvalue weighted by Gasteiger charge is 2.26. The number of aryl methyl sites for hydroxylation is 3. The molecule has 0 aromatic heterocycles. The first-order valence-corrected chi connectivity index (χ1v) is 11.3. The fourth-order valence-corrected chi connectivity index (χ4v) is 5.32. The number of sulfone groups is 1. The van der Waals surface area contributed by atoms with Crippen molar-refractivity contribution < 1.29 is 8.42 Å². The maximum atomic E-state index is 12.7. The second kappa shape index (κ2) is 8.03. The number of nitrogens with zero attached hydrogens (tertiary/aromatic N) is 2. The Morgan fingerprint density at radius 1 is 0.889 bits per heavy atom. The summed E-state index contributed by atoms with van der Waals surface area (Å²) in [5.74, 6) is 0.166. The standard InChI is InChI=1S/C22H30N2O2S/c1-17-6-9-21(10-7-17)27(25,26)16-20(4)23-11-13-24(14-12-23)22-15-18(2)5-8-19(22)3/h5-10,15,20H,11-14,16H2,1-4H3/t20-/m0/s1. The maximum Gasteiger partial charge on any atom is 0.179 e. The van der Waals surface area contributed by atoms with Crippen molar-refractivity contribution in [2.45, 2.75) is 38.6 Å². The van der Waals surface area contributed by atoms with Crippen LogP contribution in [-0.4, -0.2) is 51.3 Å². The van der Waals surface area contributed by atoms with Crippen molar-refractivity contribution in [1.82, 2.24) is 4.90 Å². The molecule has 3 rings (SSSR count). The van der Waals surface area contributed by atoms with Crippen molar-refractivity contribution in [3.05, 3.63) is 59.2 Å². The van der Waals surface area contributed by atoms with Crippen molar-refractivity contribution in [3.8, 4) is 0 Å². The van der Waals surface area contributed by atoms with Crippen LogP contribution in [0.15, 0.2) is 47.4 Å². The van der Waals surface area contributed by atoms with Crippen molar-refractivity contribution in [1.29, 1.82) is 0 Å². The molecule has 0 N–H and O–H groups in total. The third-order valence-electron chi connectivity index (χ3n) is 5.48. The molecule has 4 nitrogen and oxygen atoms in total. The number of anilines is 1. The minimum Gasteiger partial charge on any atom is -0.369 e. The maximum absolute atomic E-state index is 12.7. The zero-order chi connectivity index (χ0) is 19.6. The van der Waals surface area contributed by atoms with Crippen LogP contribution in [0.5, 0.6) is 0 Å². The van der Waals surface area contributed by atoms with E-state index in [0.717, 1.165) is 31.7 Å². The van der Waals surface area contributed by atoms with Crippen LogP contribution in [0.4, 0.5) is 5.69 Å². The first-order valence-electron chi connectivity index (χ1n) is 9.62. The summed E-state index contributed by atoms with van der Waals surface area (Å²) >= 11 is 0. The van der Waals surface area contributed by atoms with Gasteiger partial charge in [-0.3, -0.25) is 4.90 Å². The van der Waals surface area contributed by atoms with E-state index in [1.165, 1.54) is 16.8 Å². The normalized spacial score (nSPS) is 17.1. The van der Waals surface area contributed by atoms with Crippen LogP contribution in [0.3, 0.4) is 0 Å². The van der Waals surface area contributed by atoms with E-state index in [1.54, 1.807) is 12.1 Å². The lowest BCUT2D eigenvalue weighted by Crippen LogP contribution is -2.51. The number of hydrogen-bond donors (Lipinski definition) is 0. The Balaban J connectivity index is 1.62. The van der Waals surface area contributed by atoms with Gasteiger partial charge in [-0.25, -0.2) is 8.42 Å². The van der Waals surface area contributed by atoms with Crippen LogP contribution in [0, 0.1) is 20.8 Å². The fourth-order valence-electron chi connectivity index (χ4n) is 3.73. The van der Waals surface area contributed by atoms with Crippen molar-refractivity contribution in [3.63, 3.8) is 0 Å². The van der Waals surface area contributed by atoms with E-state index in [9.17, 15) is 8.42 Å². The minimum atomic E-state index is -3.26. The predicted molar refractivity (Wildman–Crippen MR) is 112 cm³/mol. The second-order valence-electron chi connectivity index (χ2n) is 7.76. The average Bonchev–Trinajstić information content (AvgIpc) is 2.64. The van der Waals surface area contributed by atoms with Gasteiger partial charge in [0.1, 0.15) is 0 Å². The summed E-state index contributed by atoms with van der Waals surface area (Å²) in [6, 6.07) is 13.7. The molecule has 27 heavy (non-hydrogen) atoms. The molecule has 1 fully saturated rings. The first-order chi connectivity index (χ1) is 12.8. The van der Waals surface area contributed by atoms with Crippen LogP contribution in [0.1, 0.15) is 23.6 Å². The van der Waals surface area contributed by atoms with Gasteiger partial charge < -0.3 is 4.90 Å². The lowest BCUT2D eigenvalue weighted by molar-refractivity contribution is 0.211. The molecule has 0 saturated carbocycles. The Morgan fingerprint density at radius 3 is 2.11 bits per heavy atom. The summed E-state index contributed by atoms with van der Waals surface area (Å²) < 4.78 is 25.5. The molecule has 2 aromatic rings. The summed E-state index contributed by atoms with van der Waals surface area (Å²) in [6.07, 6.45) is 0. The Labute approximate surface area is 163 Å². The number of piperazine rings is 1. The molecule has 1 saturated heterocycles. The summed E-state index contributed by atoms with van der Waals surface area (Å²) in [6.45, 7) is 11.9. The van der Waals surface area contributed by atoms with Gasteiger partial charge >= 0.3 is 0 Å². The summed E-state index contributed by atoms with van der Waals surface area (Å²) in [5, 5.41) is 0. The highest BCUT2D eigenvalue weighted by Crippen LogP contribution is 2.24. The molecule has 1 atom stereocenters. The van der Waals surface area contributed by atoms with Gasteiger partial charge in [0.15, 0.2) is 9.84 Å². The molecular formula is C22H30N2O2S. The molecule has 146 valence electrons. The zero-order valence-corrected chi connectivity index (χ0v) is 17.6. The number of rotatable bonds is 5. The molecule has 0 bridgehead atoms. The molecule has 1 aliphatic rings. The van der Waals surface area contributed by atoms with Gasteiger partial charge in [0, 0.05) is 37.9 Å². The van der Waals surface area contributed by atoms with E-state index in [1.807, 2.05) is 26.0 Å². The predicted octanol–water partition coefficient (Wildman–Crippen LogP) is 3.60. The molecule has 5 heteroatoms. The van der Waals surface area contributed by atoms with Crippen molar-refractivity contribution in [2.24, 2.45) is 0 Å². The molecule has 0 spiro atoms. The summed E-state index contributed by atoms with van der Waals surface area (Å²) in [7, 11) is -3.26. The largest absolute Gasteiger partial charge is 0.369 e. The monoisotopic (exact) mass is 386 g/mol. The molecule has 2 aromatic carbocycles. The molecule has 0 amide bonds. The molecule has 1 heterocycles. The first kappa shape index (κ1) is 19.9. The highest BCUT2D eigenvalue weighted by atomic mass is 32.2. The SMILES string of the molecule is Cc1ccc(S(=O)(=O)C[C@H](C)N2CCN(c3cc(C)ccc3C)CC2)cc1. The van der Waals surface area contributed by atoms with Gasteiger partial charge in [0.2, 0.25) is 0 Å². The van der Waals surface area contributed by atoms with Crippen LogP contribution in [0.25, 0.3) is 0 Å². The summed E-state index contributed by atoms with van der Waals surface area (Å²) in [5.41, 5.74) is 4.94. The topological polar surface area (TPSA) is 40.6 Å². The zero-order valence-electron chi connectivity index (χ0n) is 16.8. The smallest absolute Gasteiger partial charge is 0.179 e. The number of benzene rings is 2. The van der Waals surface area contributed by atoms with E-state index in [-0.39, 0.29) is 11.8 Å². The van der Waals surface area contributed by atoms with Gasteiger partial charge in [0.25, 0.3) is 0 Å². The van der Waals surface area contributed by atoms with Gasteiger partial charge in [-0.05, 0) is 57.0 Å². The summed E-state index contributed by atoms with van der Waals surface area (Å²) in [4.78, 5) is 5.14. The lowest BCUT2D eigenvalue weighted by atomic mass is 10.1. The van der Waals surface area contributed by atoms with Gasteiger partial charge in [-0.1, -0.05) is 29.8 Å². The van der Waals surface area contributed by atoms with Gasteiger partial charge in [-0.2, -0.15) is 0 Å². The van der Waals surface area contributed by atoms with E-state index in [4.69, 9.17) is 0 Å². The molecule has 0 aliphatic carbocycles. The van der Waals surface area contributed by atoms with Crippen molar-refractivity contribution >= 4 is 15.5 Å². The molecule has 0 unspecified atom stereocenters. The van der Waals surface area contributed by atoms with Gasteiger partial charge in [0.05, 0.1) is 10.6 Å². The average molecular weight is 387 g/mol. The number of hydrogen-bond acceptors (Lipinski definition) is 4. The lowest BCUT2D eigenvalue weighted by Gasteiger charge is -2.39. The second-order valence-corrected chi connectivity index (χ2v) is 9.79. The quantitative estimate of drug-likeness (QED) is 0.787. The third-order valence-corrected chi connectivity index (χ3v) is 7.40. The Bertz CT molecular complexity index is 883. The van der Waals surface area contributed by atoms with Crippen molar-refractivity contribution in [2.75, 3.05) is 36.8 Å². The van der Waals surface area contributed by atoms with Crippen LogP contribution >= 0.6 is 0 Å². The van der Waals surface area contributed by atoms with E-state index < -0.39 is 9.84 Å². The van der Waals surface area contributed by atoms with Crippen LogP contribution < -0.4 is 4.90 Å². The third kappa shape index (κ3) is 4.71. The fraction of sp³-hybridized carbons (Fsp3) is 0.455. The Kier molecular flexibility index (Phi) is 5.92. The van der Waals surface area contributed by atoms with E-state index >= 15 is 0 Å². The Morgan fingerprint density at radius 2 is 1.48 bits per heavy atom. The van der Waals surface area contributed by atoms with E-state index in [0.29, 0.717) is 4.90 Å². The van der Waals surface area contributed by atoms with Crippen LogP contribution in [-0.2, 0) is 9.84 Å². The van der Waals surface area contributed by atoms with E-state index in [2.05, 4.69) is 41.8 Å². The Hall–Kier alpha value is -1.85. The molecule has 1 aliphatic heterocycles. The highest BCUT2D eigenvalue weighted by molar-refractivity contribution is 7.91. The molecular weight excluding hydrogens is 356 g/mol. The molecule has 0 radical (unpaired) electrons.